The van der Waals surface area contributed by atoms with Gasteiger partial charge in [-0.25, -0.2) is 0 Å². The Labute approximate surface area is 132 Å². The standard InChI is InChI=1S/C15H20BrF3N2/c1-20-7-5-12(6-8-20)21(2)14-4-3-11(10-16)9-13(14)15(17,18)19/h3-4,9,12H,5-8,10H2,1-2H3. The number of anilines is 1. The van der Waals surface area contributed by atoms with Gasteiger partial charge in [-0.05, 0) is 50.7 Å². The van der Waals surface area contributed by atoms with Crippen molar-refractivity contribution in [3.05, 3.63) is 29.3 Å². The van der Waals surface area contributed by atoms with Crippen LogP contribution in [0.3, 0.4) is 0 Å². The maximum atomic E-state index is 13.3. The van der Waals surface area contributed by atoms with Gasteiger partial charge in [0.2, 0.25) is 0 Å². The zero-order valence-corrected chi connectivity index (χ0v) is 13.8. The van der Waals surface area contributed by atoms with Crippen molar-refractivity contribution in [2.75, 3.05) is 32.1 Å². The summed E-state index contributed by atoms with van der Waals surface area (Å²) in [5, 5.41) is 0.425. The fourth-order valence-corrected chi connectivity index (χ4v) is 3.13. The molecule has 0 aliphatic carbocycles. The summed E-state index contributed by atoms with van der Waals surface area (Å²) >= 11 is 3.22. The van der Waals surface area contributed by atoms with Gasteiger partial charge < -0.3 is 9.80 Å². The maximum Gasteiger partial charge on any atom is 0.418 e. The molecule has 0 N–H and O–H groups in total. The number of likely N-dealkylation sites (tertiary alicyclic amines) is 1. The highest BCUT2D eigenvalue weighted by Gasteiger charge is 2.36. The Morgan fingerprint density at radius 3 is 2.43 bits per heavy atom. The molecule has 1 aliphatic heterocycles. The average Bonchev–Trinajstić information content (AvgIpc) is 2.46. The van der Waals surface area contributed by atoms with E-state index in [0.717, 1.165) is 25.9 Å². The van der Waals surface area contributed by atoms with Gasteiger partial charge in [0.15, 0.2) is 0 Å². The lowest BCUT2D eigenvalue weighted by Crippen LogP contribution is -2.42. The van der Waals surface area contributed by atoms with E-state index in [1.165, 1.54) is 6.07 Å². The van der Waals surface area contributed by atoms with Crippen molar-refractivity contribution in [1.29, 1.82) is 0 Å². The molecule has 1 saturated heterocycles. The van der Waals surface area contributed by atoms with Gasteiger partial charge in [0.25, 0.3) is 0 Å². The van der Waals surface area contributed by atoms with E-state index >= 15 is 0 Å². The highest BCUT2D eigenvalue weighted by Crippen LogP contribution is 2.38. The van der Waals surface area contributed by atoms with Gasteiger partial charge in [-0.15, -0.1) is 0 Å². The van der Waals surface area contributed by atoms with Gasteiger partial charge in [-0.3, -0.25) is 0 Å². The van der Waals surface area contributed by atoms with E-state index in [1.54, 1.807) is 24.1 Å². The SMILES string of the molecule is CN1CCC(N(C)c2ccc(CBr)cc2C(F)(F)F)CC1. The highest BCUT2D eigenvalue weighted by atomic mass is 79.9. The van der Waals surface area contributed by atoms with Crippen LogP contribution in [0.5, 0.6) is 0 Å². The van der Waals surface area contributed by atoms with Gasteiger partial charge in [-0.2, -0.15) is 13.2 Å². The summed E-state index contributed by atoms with van der Waals surface area (Å²) in [4.78, 5) is 4.01. The van der Waals surface area contributed by atoms with Crippen LogP contribution in [0.4, 0.5) is 18.9 Å². The maximum absolute atomic E-state index is 13.3. The number of hydrogen-bond acceptors (Lipinski definition) is 2. The summed E-state index contributed by atoms with van der Waals surface area (Å²) < 4.78 is 39.9. The summed E-state index contributed by atoms with van der Waals surface area (Å²) in [5.41, 5.74) is 0.380. The molecule has 0 bridgehead atoms. The first kappa shape index (κ1) is 16.6. The largest absolute Gasteiger partial charge is 0.418 e. The molecule has 118 valence electrons. The van der Waals surface area contributed by atoms with E-state index < -0.39 is 11.7 Å². The number of alkyl halides is 4. The van der Waals surface area contributed by atoms with Crippen LogP contribution in [0.1, 0.15) is 24.0 Å². The van der Waals surface area contributed by atoms with E-state index in [9.17, 15) is 13.2 Å². The van der Waals surface area contributed by atoms with E-state index in [4.69, 9.17) is 0 Å². The van der Waals surface area contributed by atoms with Crippen LogP contribution < -0.4 is 4.90 Å². The van der Waals surface area contributed by atoms with E-state index in [2.05, 4.69) is 20.8 Å². The molecule has 0 aromatic heterocycles. The summed E-state index contributed by atoms with van der Waals surface area (Å²) in [6.07, 6.45) is -2.54. The second kappa shape index (κ2) is 6.57. The first-order valence-electron chi connectivity index (χ1n) is 7.00. The van der Waals surface area contributed by atoms with Crippen LogP contribution >= 0.6 is 15.9 Å². The zero-order valence-electron chi connectivity index (χ0n) is 12.3. The third-order valence-corrected chi connectivity index (χ3v) is 4.78. The third kappa shape index (κ3) is 3.92. The summed E-state index contributed by atoms with van der Waals surface area (Å²) in [6, 6.07) is 4.76. The van der Waals surface area contributed by atoms with Crippen LogP contribution in [0.25, 0.3) is 0 Å². The molecular formula is C15H20BrF3N2. The van der Waals surface area contributed by atoms with Crippen molar-refractivity contribution in [3.63, 3.8) is 0 Å². The molecule has 2 rings (SSSR count). The second-order valence-corrected chi connectivity index (χ2v) is 6.19. The first-order valence-corrected chi connectivity index (χ1v) is 8.12. The molecule has 1 heterocycles. The topological polar surface area (TPSA) is 6.48 Å². The Morgan fingerprint density at radius 2 is 1.90 bits per heavy atom. The Kier molecular flexibility index (Phi) is 5.20. The molecule has 0 atom stereocenters. The molecule has 21 heavy (non-hydrogen) atoms. The van der Waals surface area contributed by atoms with Gasteiger partial charge in [0.1, 0.15) is 0 Å². The fourth-order valence-electron chi connectivity index (χ4n) is 2.78. The Morgan fingerprint density at radius 1 is 1.29 bits per heavy atom. The minimum atomic E-state index is -4.33. The van der Waals surface area contributed by atoms with Crippen LogP contribution in [0, 0.1) is 0 Å². The second-order valence-electron chi connectivity index (χ2n) is 5.63. The van der Waals surface area contributed by atoms with Crippen LogP contribution in [0.15, 0.2) is 18.2 Å². The monoisotopic (exact) mass is 364 g/mol. The van der Waals surface area contributed by atoms with Crippen LogP contribution in [-0.4, -0.2) is 38.1 Å². The van der Waals surface area contributed by atoms with Crippen LogP contribution in [-0.2, 0) is 11.5 Å². The molecule has 1 aromatic rings. The van der Waals surface area contributed by atoms with Crippen molar-refractivity contribution in [2.24, 2.45) is 0 Å². The third-order valence-electron chi connectivity index (χ3n) is 4.14. The molecule has 1 fully saturated rings. The summed E-state index contributed by atoms with van der Waals surface area (Å²) in [7, 11) is 3.82. The number of benzene rings is 1. The predicted octanol–water partition coefficient (Wildman–Crippen LogP) is 4.13. The number of halogens is 4. The molecule has 0 radical (unpaired) electrons. The number of nitrogens with zero attached hydrogens (tertiary/aromatic N) is 2. The molecule has 1 aromatic carbocycles. The molecule has 0 spiro atoms. The predicted molar refractivity (Wildman–Crippen MR) is 83.0 cm³/mol. The quantitative estimate of drug-likeness (QED) is 0.744. The lowest BCUT2D eigenvalue weighted by molar-refractivity contribution is -0.137. The molecule has 0 unspecified atom stereocenters. The fraction of sp³-hybridized carbons (Fsp3) is 0.600. The molecule has 1 aliphatic rings. The Bertz CT molecular complexity index is 482. The van der Waals surface area contributed by atoms with Gasteiger partial charge in [0.05, 0.1) is 5.56 Å². The number of rotatable bonds is 3. The highest BCUT2D eigenvalue weighted by molar-refractivity contribution is 9.08. The molecule has 6 heteroatoms. The van der Waals surface area contributed by atoms with E-state index in [0.29, 0.717) is 10.9 Å². The Hall–Kier alpha value is -0.750. The summed E-state index contributed by atoms with van der Waals surface area (Å²) in [5.74, 6) is 0. The smallest absolute Gasteiger partial charge is 0.371 e. The van der Waals surface area contributed by atoms with Crippen molar-refractivity contribution in [3.8, 4) is 0 Å². The van der Waals surface area contributed by atoms with Crippen molar-refractivity contribution in [2.45, 2.75) is 30.4 Å². The first-order chi connectivity index (χ1) is 9.82. The lowest BCUT2D eigenvalue weighted by atomic mass is 10.0. The molecule has 0 saturated carbocycles. The van der Waals surface area contributed by atoms with Gasteiger partial charge in [0, 0.05) is 24.1 Å². The Balaban J connectivity index is 2.29. The van der Waals surface area contributed by atoms with Crippen molar-refractivity contribution in [1.82, 2.24) is 4.90 Å². The lowest BCUT2D eigenvalue weighted by Gasteiger charge is -2.37. The van der Waals surface area contributed by atoms with E-state index in [1.807, 2.05) is 7.05 Å². The normalized spacial score (nSPS) is 18.0. The van der Waals surface area contributed by atoms with Crippen LogP contribution in [0.2, 0.25) is 0 Å². The average molecular weight is 365 g/mol. The van der Waals surface area contributed by atoms with Crippen molar-refractivity contribution >= 4 is 21.6 Å². The van der Waals surface area contributed by atoms with Crippen molar-refractivity contribution < 1.29 is 13.2 Å². The molecule has 2 nitrogen and oxygen atoms in total. The molecule has 0 amide bonds. The van der Waals surface area contributed by atoms with Gasteiger partial charge >= 0.3 is 6.18 Å². The van der Waals surface area contributed by atoms with Gasteiger partial charge in [-0.1, -0.05) is 22.0 Å². The molecular weight excluding hydrogens is 345 g/mol. The summed E-state index contributed by atoms with van der Waals surface area (Å²) in [6.45, 7) is 1.85. The van der Waals surface area contributed by atoms with E-state index in [-0.39, 0.29) is 11.7 Å². The number of hydrogen-bond donors (Lipinski definition) is 0. The number of piperidine rings is 1. The minimum Gasteiger partial charge on any atom is -0.371 e. The zero-order chi connectivity index (χ0) is 15.6. The minimum absolute atomic E-state index is 0.164.